The number of thiophene rings is 1. The molecule has 0 atom stereocenters. The van der Waals surface area contributed by atoms with Gasteiger partial charge in [-0.05, 0) is 48.0 Å². The van der Waals surface area contributed by atoms with Crippen molar-refractivity contribution in [3.63, 3.8) is 0 Å². The molecule has 0 fully saturated rings. The van der Waals surface area contributed by atoms with Crippen LogP contribution in [0.3, 0.4) is 0 Å². The summed E-state index contributed by atoms with van der Waals surface area (Å²) in [5.41, 5.74) is 8.76. The molecule has 1 N–H and O–H groups in total. The van der Waals surface area contributed by atoms with Crippen LogP contribution < -0.4 is 0 Å². The van der Waals surface area contributed by atoms with Crippen molar-refractivity contribution in [3.05, 3.63) is 170 Å². The quantitative estimate of drug-likeness (QED) is 0.181. The number of hydrogen-bond acceptors (Lipinski definition) is 8. The van der Waals surface area contributed by atoms with Crippen LogP contribution in [0.1, 0.15) is 0 Å². The van der Waals surface area contributed by atoms with Gasteiger partial charge in [0.15, 0.2) is 28.9 Å². The zero-order valence-electron chi connectivity index (χ0n) is 30.2. The molecule has 4 aromatic heterocycles. The minimum atomic E-state index is 0.146. The molecular formula is C49H29N5O2S. The van der Waals surface area contributed by atoms with Crippen LogP contribution in [-0.2, 0) is 0 Å². The zero-order valence-corrected chi connectivity index (χ0v) is 31.0. The van der Waals surface area contributed by atoms with E-state index in [-0.39, 0.29) is 5.75 Å². The van der Waals surface area contributed by atoms with Crippen molar-refractivity contribution in [2.75, 3.05) is 0 Å². The summed E-state index contributed by atoms with van der Waals surface area (Å²) in [6.45, 7) is 0. The highest BCUT2D eigenvalue weighted by molar-refractivity contribution is 7.26. The first-order chi connectivity index (χ1) is 28.1. The second kappa shape index (κ2) is 13.3. The predicted octanol–water partition coefficient (Wildman–Crippen LogP) is 12.6. The van der Waals surface area contributed by atoms with E-state index in [0.29, 0.717) is 34.4 Å². The molecule has 0 saturated heterocycles. The molecule has 0 saturated carbocycles. The summed E-state index contributed by atoms with van der Waals surface area (Å²) in [5.74, 6) is 2.40. The van der Waals surface area contributed by atoms with Crippen LogP contribution in [0.5, 0.6) is 5.75 Å². The number of para-hydroxylation sites is 1. The molecule has 11 aromatic rings. The molecule has 0 aliphatic rings. The van der Waals surface area contributed by atoms with Gasteiger partial charge in [-0.15, -0.1) is 11.3 Å². The predicted molar refractivity (Wildman–Crippen MR) is 230 cm³/mol. The van der Waals surface area contributed by atoms with Crippen molar-refractivity contribution in [2.45, 2.75) is 0 Å². The maximum absolute atomic E-state index is 11.2. The third-order valence-electron chi connectivity index (χ3n) is 10.3. The Kier molecular flexibility index (Phi) is 7.68. The lowest BCUT2D eigenvalue weighted by Crippen LogP contribution is -2.00. The van der Waals surface area contributed by atoms with E-state index in [4.69, 9.17) is 29.3 Å². The van der Waals surface area contributed by atoms with Gasteiger partial charge >= 0.3 is 0 Å². The molecule has 7 aromatic carbocycles. The minimum absolute atomic E-state index is 0.146. The SMILES string of the molecule is Oc1ccc(-c2nc(-c3ccccc3)nc(-c3cccc4c3sc3ccccc34)n2)cc1-c1ccc(-c2nc(-c3ccccc3)c3oc4ccccc4c3n2)cc1. The zero-order chi connectivity index (χ0) is 37.9. The standard InChI is InChI=1S/C49H29N5O2S/c55-39-27-26-33(48-52-47(31-14-5-2-6-15-31)53-49(54-48)37-19-11-18-35-34-16-8-10-21-41(34)57-45(35)37)28-38(39)29-22-24-32(25-23-29)46-50-42(30-12-3-1-4-13-30)44-43(51-46)36-17-7-9-20-40(36)56-44/h1-28,55H. The molecule has 8 heteroatoms. The Labute approximate surface area is 330 Å². The molecular weight excluding hydrogens is 723 g/mol. The summed E-state index contributed by atoms with van der Waals surface area (Å²) in [6, 6.07) is 56.1. The van der Waals surface area contributed by atoms with Gasteiger partial charge in [0.05, 0.1) is 0 Å². The van der Waals surface area contributed by atoms with E-state index in [2.05, 4.69) is 42.5 Å². The number of hydrogen-bond donors (Lipinski definition) is 1. The largest absolute Gasteiger partial charge is 0.507 e. The Hall–Kier alpha value is -7.55. The van der Waals surface area contributed by atoms with Gasteiger partial charge in [0.25, 0.3) is 0 Å². The fraction of sp³-hybridized carbons (Fsp3) is 0. The second-order valence-corrected chi connectivity index (χ2v) is 14.9. The highest BCUT2D eigenvalue weighted by Gasteiger charge is 2.20. The van der Waals surface area contributed by atoms with E-state index in [0.717, 1.165) is 60.3 Å². The molecule has 0 spiro atoms. The maximum Gasteiger partial charge on any atom is 0.180 e. The highest BCUT2D eigenvalue weighted by Crippen LogP contribution is 2.41. The smallest absolute Gasteiger partial charge is 0.180 e. The number of furan rings is 1. The van der Waals surface area contributed by atoms with E-state index in [1.54, 1.807) is 17.4 Å². The normalized spacial score (nSPS) is 11.6. The van der Waals surface area contributed by atoms with Crippen molar-refractivity contribution in [2.24, 2.45) is 0 Å². The summed E-state index contributed by atoms with van der Waals surface area (Å²) in [7, 11) is 0. The number of aromatic hydroxyl groups is 1. The number of fused-ring (bicyclic) bond motifs is 6. The van der Waals surface area contributed by atoms with E-state index < -0.39 is 0 Å². The highest BCUT2D eigenvalue weighted by atomic mass is 32.1. The van der Waals surface area contributed by atoms with Crippen molar-refractivity contribution < 1.29 is 9.52 Å². The maximum atomic E-state index is 11.2. The van der Waals surface area contributed by atoms with Gasteiger partial charge in [0.2, 0.25) is 0 Å². The van der Waals surface area contributed by atoms with Gasteiger partial charge in [-0.3, -0.25) is 0 Å². The number of benzene rings is 7. The minimum Gasteiger partial charge on any atom is -0.507 e. The van der Waals surface area contributed by atoms with Crippen molar-refractivity contribution >= 4 is 53.6 Å². The first kappa shape index (κ1) is 32.8. The summed E-state index contributed by atoms with van der Waals surface area (Å²) in [6.07, 6.45) is 0. The second-order valence-electron chi connectivity index (χ2n) is 13.8. The Morgan fingerprint density at radius 3 is 1.82 bits per heavy atom. The molecule has 11 rings (SSSR count). The van der Waals surface area contributed by atoms with Gasteiger partial charge in [-0.2, -0.15) is 0 Å². The lowest BCUT2D eigenvalue weighted by atomic mass is 10.00. The molecule has 7 nitrogen and oxygen atoms in total. The first-order valence-electron chi connectivity index (χ1n) is 18.6. The van der Waals surface area contributed by atoms with Crippen molar-refractivity contribution in [1.82, 2.24) is 24.9 Å². The van der Waals surface area contributed by atoms with E-state index in [1.165, 1.54) is 15.5 Å². The van der Waals surface area contributed by atoms with Gasteiger partial charge in [-0.1, -0.05) is 127 Å². The van der Waals surface area contributed by atoms with Crippen LogP contribution in [0.2, 0.25) is 0 Å². The van der Waals surface area contributed by atoms with Crippen molar-refractivity contribution in [3.8, 4) is 73.7 Å². The summed E-state index contributed by atoms with van der Waals surface area (Å²) < 4.78 is 8.64. The van der Waals surface area contributed by atoms with Crippen molar-refractivity contribution in [1.29, 1.82) is 0 Å². The fourth-order valence-electron chi connectivity index (χ4n) is 7.48. The van der Waals surface area contributed by atoms with E-state index in [9.17, 15) is 5.11 Å². The molecule has 0 aliphatic carbocycles. The number of phenolic OH excluding ortho intramolecular Hbond substituents is 1. The van der Waals surface area contributed by atoms with E-state index >= 15 is 0 Å². The Morgan fingerprint density at radius 2 is 1.02 bits per heavy atom. The van der Waals surface area contributed by atoms with Crippen LogP contribution in [0.15, 0.2) is 174 Å². The molecule has 4 heterocycles. The van der Waals surface area contributed by atoms with Gasteiger partial charge < -0.3 is 9.52 Å². The number of rotatable bonds is 6. The number of aromatic nitrogens is 5. The third-order valence-corrected chi connectivity index (χ3v) is 11.5. The van der Waals surface area contributed by atoms with Gasteiger partial charge in [0.1, 0.15) is 22.5 Å². The summed E-state index contributed by atoms with van der Waals surface area (Å²) >= 11 is 1.74. The van der Waals surface area contributed by atoms with Crippen LogP contribution in [-0.4, -0.2) is 30.0 Å². The van der Waals surface area contributed by atoms with Crippen LogP contribution in [0, 0.1) is 0 Å². The lowest BCUT2D eigenvalue weighted by Gasteiger charge is -2.11. The molecule has 57 heavy (non-hydrogen) atoms. The van der Waals surface area contributed by atoms with E-state index in [1.807, 2.05) is 121 Å². The number of phenols is 1. The van der Waals surface area contributed by atoms with Crippen LogP contribution >= 0.6 is 11.3 Å². The molecule has 0 bridgehead atoms. The van der Waals surface area contributed by atoms with Gasteiger partial charge in [0, 0.05) is 58.9 Å². The Balaban J connectivity index is 1.01. The monoisotopic (exact) mass is 751 g/mol. The first-order valence-corrected chi connectivity index (χ1v) is 19.4. The Morgan fingerprint density at radius 1 is 0.421 bits per heavy atom. The van der Waals surface area contributed by atoms with Crippen LogP contribution in [0.4, 0.5) is 0 Å². The van der Waals surface area contributed by atoms with Crippen LogP contribution in [0.25, 0.3) is 110 Å². The topological polar surface area (TPSA) is 97.8 Å². The molecule has 0 unspecified atom stereocenters. The summed E-state index contributed by atoms with van der Waals surface area (Å²) in [4.78, 5) is 25.2. The average molecular weight is 752 g/mol. The molecule has 0 amide bonds. The third kappa shape index (κ3) is 5.70. The van der Waals surface area contributed by atoms with Gasteiger partial charge in [-0.25, -0.2) is 24.9 Å². The molecule has 0 aliphatic heterocycles. The Bertz CT molecular complexity index is 3310. The average Bonchev–Trinajstić information content (AvgIpc) is 3.85. The fourth-order valence-corrected chi connectivity index (χ4v) is 8.69. The lowest BCUT2D eigenvalue weighted by molar-refractivity contribution is 0.477. The molecule has 268 valence electrons. The number of nitrogens with zero attached hydrogens (tertiary/aromatic N) is 5. The summed E-state index contributed by atoms with van der Waals surface area (Å²) in [5, 5.41) is 14.6. The molecule has 0 radical (unpaired) electrons.